The number of aromatic nitrogens is 3. The van der Waals surface area contributed by atoms with Crippen molar-refractivity contribution in [1.82, 2.24) is 19.4 Å². The number of likely N-dealkylation sites (tertiary alicyclic amines) is 1. The number of carbonyl (C=O) groups is 1. The summed E-state index contributed by atoms with van der Waals surface area (Å²) in [5.41, 5.74) is 8.94. The highest BCUT2D eigenvalue weighted by atomic mass is 16.5. The van der Waals surface area contributed by atoms with Crippen LogP contribution in [0.15, 0.2) is 18.2 Å². The van der Waals surface area contributed by atoms with Crippen LogP contribution in [-0.2, 0) is 11.3 Å². The summed E-state index contributed by atoms with van der Waals surface area (Å²) in [6, 6.07) is 6.08. The van der Waals surface area contributed by atoms with Crippen molar-refractivity contribution >= 4 is 33.7 Å². The number of fused-ring (bicyclic) bond motifs is 3. The number of nitrogens with two attached hydrogens (primary N) is 1. The Morgan fingerprint density at radius 3 is 2.58 bits per heavy atom. The van der Waals surface area contributed by atoms with E-state index in [-0.39, 0.29) is 11.8 Å². The van der Waals surface area contributed by atoms with Gasteiger partial charge in [-0.15, -0.1) is 0 Å². The Bertz CT molecular complexity index is 1140. The van der Waals surface area contributed by atoms with Crippen LogP contribution in [0.3, 0.4) is 0 Å². The summed E-state index contributed by atoms with van der Waals surface area (Å²) < 4.78 is 8.34. The first kappa shape index (κ1) is 23.3. The third-order valence-electron chi connectivity index (χ3n) is 6.63. The second-order valence-corrected chi connectivity index (χ2v) is 10.1. The minimum absolute atomic E-state index is 0.0783. The van der Waals surface area contributed by atoms with Crippen LogP contribution in [-0.4, -0.2) is 45.0 Å². The lowest BCUT2D eigenvalue weighted by Gasteiger charge is -2.33. The predicted octanol–water partition coefficient (Wildman–Crippen LogP) is 4.79. The first-order chi connectivity index (χ1) is 15.7. The zero-order chi connectivity index (χ0) is 23.7. The lowest BCUT2D eigenvalue weighted by atomic mass is 9.93. The average Bonchev–Trinajstić information content (AvgIpc) is 3.10. The molecule has 1 aliphatic heterocycles. The van der Waals surface area contributed by atoms with Gasteiger partial charge in [0.25, 0.3) is 0 Å². The fraction of sp³-hybridized carbons (Fsp3) is 0.577. The van der Waals surface area contributed by atoms with Crippen molar-refractivity contribution in [3.63, 3.8) is 0 Å². The molecule has 0 atom stereocenters. The van der Waals surface area contributed by atoms with Crippen LogP contribution >= 0.6 is 0 Å². The second-order valence-electron chi connectivity index (χ2n) is 10.1. The highest BCUT2D eigenvalue weighted by Crippen LogP contribution is 2.31. The topological polar surface area (TPSA) is 86.3 Å². The first-order valence-electron chi connectivity index (χ1n) is 12.2. The Kier molecular flexibility index (Phi) is 6.77. The summed E-state index contributed by atoms with van der Waals surface area (Å²) in [5.74, 6) is 3.69. The number of piperidine rings is 1. The molecule has 3 heterocycles. The predicted molar refractivity (Wildman–Crippen MR) is 133 cm³/mol. The van der Waals surface area contributed by atoms with Crippen LogP contribution < -0.4 is 10.5 Å². The molecule has 0 bridgehead atoms. The van der Waals surface area contributed by atoms with E-state index in [1.165, 1.54) is 0 Å². The molecular weight excluding hydrogens is 414 g/mol. The van der Waals surface area contributed by atoms with Crippen LogP contribution in [0.1, 0.15) is 52.8 Å². The number of aryl methyl sites for hydroxylation is 1. The summed E-state index contributed by atoms with van der Waals surface area (Å²) in [6.07, 6.45) is 3.10. The number of pyridine rings is 1. The first-order valence-corrected chi connectivity index (χ1v) is 12.2. The number of anilines is 1. The monoisotopic (exact) mass is 451 g/mol. The molecule has 1 aromatic carbocycles. The van der Waals surface area contributed by atoms with E-state index in [1.807, 2.05) is 37.8 Å². The summed E-state index contributed by atoms with van der Waals surface area (Å²) in [4.78, 5) is 23.5. The van der Waals surface area contributed by atoms with E-state index in [9.17, 15) is 4.79 Å². The number of nitrogen functional groups attached to an aromatic ring is 1. The largest absolute Gasteiger partial charge is 0.494 e. The smallest absolute Gasteiger partial charge is 0.225 e. The molecule has 1 aliphatic rings. The fourth-order valence-electron chi connectivity index (χ4n) is 4.83. The zero-order valence-electron chi connectivity index (χ0n) is 20.6. The van der Waals surface area contributed by atoms with Gasteiger partial charge in [-0.2, -0.15) is 0 Å². The molecule has 7 heteroatoms. The van der Waals surface area contributed by atoms with Gasteiger partial charge >= 0.3 is 0 Å². The van der Waals surface area contributed by atoms with E-state index in [1.54, 1.807) is 0 Å². The Balaban J connectivity index is 1.44. The van der Waals surface area contributed by atoms with E-state index in [0.717, 1.165) is 72.4 Å². The number of nitrogens with zero attached hydrogens (tertiary/aromatic N) is 4. The van der Waals surface area contributed by atoms with Crippen LogP contribution in [0.4, 0.5) is 5.82 Å². The van der Waals surface area contributed by atoms with Gasteiger partial charge in [0.15, 0.2) is 5.82 Å². The van der Waals surface area contributed by atoms with Crippen molar-refractivity contribution in [3.8, 4) is 5.75 Å². The van der Waals surface area contributed by atoms with Crippen molar-refractivity contribution in [3.05, 3.63) is 24.0 Å². The quantitative estimate of drug-likeness (QED) is 0.558. The highest BCUT2D eigenvalue weighted by molar-refractivity contribution is 6.06. The Labute approximate surface area is 196 Å². The van der Waals surface area contributed by atoms with E-state index in [0.29, 0.717) is 24.3 Å². The lowest BCUT2D eigenvalue weighted by Crippen LogP contribution is -2.40. The number of carbonyl (C=O) groups excluding carboxylic acids is 1. The molecule has 1 fully saturated rings. The lowest BCUT2D eigenvalue weighted by molar-refractivity contribution is -0.135. The summed E-state index contributed by atoms with van der Waals surface area (Å²) >= 11 is 0. The maximum Gasteiger partial charge on any atom is 0.225 e. The minimum Gasteiger partial charge on any atom is -0.494 e. The summed E-state index contributed by atoms with van der Waals surface area (Å²) in [6.45, 7) is 13.6. The van der Waals surface area contributed by atoms with Crippen LogP contribution in [0, 0.1) is 24.7 Å². The molecule has 0 saturated carbocycles. The molecule has 0 spiro atoms. The van der Waals surface area contributed by atoms with Gasteiger partial charge < -0.3 is 19.9 Å². The molecule has 1 saturated heterocycles. The Hall–Kier alpha value is -2.83. The maximum atomic E-state index is 12.2. The van der Waals surface area contributed by atoms with Gasteiger partial charge in [-0.05, 0) is 50.2 Å². The average molecular weight is 452 g/mol. The fourth-order valence-corrected chi connectivity index (χ4v) is 4.83. The molecule has 1 amide bonds. The van der Waals surface area contributed by atoms with Gasteiger partial charge in [0, 0.05) is 37.0 Å². The Morgan fingerprint density at radius 2 is 1.91 bits per heavy atom. The standard InChI is InChI=1S/C26H37N5O2/c1-16(2)15-31-18(5)28-23-24(31)21-7-6-20(14-22(21)29-25(23)27)33-13-10-19-8-11-30(12-9-19)26(32)17(3)4/h6-7,14,16-17,19H,8-13,15H2,1-5H3,(H2,27,29). The molecule has 0 unspecified atom stereocenters. The number of amides is 1. The third kappa shape index (κ3) is 4.92. The van der Waals surface area contributed by atoms with E-state index in [2.05, 4.69) is 34.4 Å². The van der Waals surface area contributed by atoms with Gasteiger partial charge in [0.2, 0.25) is 5.91 Å². The molecule has 4 rings (SSSR count). The van der Waals surface area contributed by atoms with Crippen molar-refractivity contribution in [1.29, 1.82) is 0 Å². The maximum absolute atomic E-state index is 12.2. The number of ether oxygens (including phenoxy) is 1. The SMILES string of the molecule is Cc1nc2c(N)nc3cc(OCCC4CCN(C(=O)C(C)C)CC4)ccc3c2n1CC(C)C. The summed E-state index contributed by atoms with van der Waals surface area (Å²) in [5, 5.41) is 1.05. The zero-order valence-corrected chi connectivity index (χ0v) is 20.6. The van der Waals surface area contributed by atoms with E-state index >= 15 is 0 Å². The van der Waals surface area contributed by atoms with E-state index in [4.69, 9.17) is 10.5 Å². The minimum atomic E-state index is 0.0783. The molecule has 3 aromatic rings. The van der Waals surface area contributed by atoms with Crippen LogP contribution in [0.2, 0.25) is 0 Å². The molecular formula is C26H37N5O2. The number of hydrogen-bond acceptors (Lipinski definition) is 5. The van der Waals surface area contributed by atoms with Crippen molar-refractivity contribution < 1.29 is 9.53 Å². The normalized spacial score (nSPS) is 15.3. The van der Waals surface area contributed by atoms with Gasteiger partial charge in [-0.25, -0.2) is 9.97 Å². The van der Waals surface area contributed by atoms with E-state index < -0.39 is 0 Å². The number of imidazole rings is 1. The molecule has 33 heavy (non-hydrogen) atoms. The van der Waals surface area contributed by atoms with Crippen LogP contribution in [0.5, 0.6) is 5.75 Å². The second kappa shape index (κ2) is 9.57. The molecule has 178 valence electrons. The summed E-state index contributed by atoms with van der Waals surface area (Å²) in [7, 11) is 0. The van der Waals surface area contributed by atoms with Crippen molar-refractivity contribution in [2.75, 3.05) is 25.4 Å². The molecule has 2 aromatic heterocycles. The number of benzene rings is 1. The van der Waals surface area contributed by atoms with Gasteiger partial charge in [-0.1, -0.05) is 27.7 Å². The van der Waals surface area contributed by atoms with Gasteiger partial charge in [-0.3, -0.25) is 4.79 Å². The van der Waals surface area contributed by atoms with Crippen LogP contribution in [0.25, 0.3) is 21.9 Å². The highest BCUT2D eigenvalue weighted by Gasteiger charge is 2.24. The molecule has 0 radical (unpaired) electrons. The van der Waals surface area contributed by atoms with Crippen molar-refractivity contribution in [2.24, 2.45) is 17.8 Å². The number of rotatable bonds is 7. The van der Waals surface area contributed by atoms with Gasteiger partial charge in [0.1, 0.15) is 17.1 Å². The molecule has 2 N–H and O–H groups in total. The van der Waals surface area contributed by atoms with Gasteiger partial charge in [0.05, 0.1) is 17.6 Å². The number of hydrogen-bond donors (Lipinski definition) is 1. The Morgan fingerprint density at radius 1 is 1.18 bits per heavy atom. The van der Waals surface area contributed by atoms with Crippen molar-refractivity contribution in [2.45, 2.75) is 60.4 Å². The molecule has 0 aliphatic carbocycles. The third-order valence-corrected chi connectivity index (χ3v) is 6.63. The molecule has 7 nitrogen and oxygen atoms in total.